The molecule has 0 spiro atoms. The van der Waals surface area contributed by atoms with Gasteiger partial charge >= 0.3 is 0 Å². The number of fused-ring (bicyclic) bond motifs is 6. The number of furan rings is 1. The Labute approximate surface area is 330 Å². The van der Waals surface area contributed by atoms with Crippen molar-refractivity contribution in [2.75, 3.05) is 4.90 Å². The van der Waals surface area contributed by atoms with Gasteiger partial charge < -0.3 is 13.9 Å². The summed E-state index contributed by atoms with van der Waals surface area (Å²) in [6.07, 6.45) is 0. The van der Waals surface area contributed by atoms with E-state index in [1.807, 2.05) is 12.1 Å². The van der Waals surface area contributed by atoms with Crippen molar-refractivity contribution >= 4 is 60.8 Å². The van der Waals surface area contributed by atoms with Gasteiger partial charge in [-0.15, -0.1) is 0 Å². The maximum Gasteiger partial charge on any atom is 0.143 e. The molecule has 57 heavy (non-hydrogen) atoms. The summed E-state index contributed by atoms with van der Waals surface area (Å²) in [6, 6.07) is 78.1. The van der Waals surface area contributed by atoms with Gasteiger partial charge in [0, 0.05) is 49.7 Å². The van der Waals surface area contributed by atoms with Gasteiger partial charge in [-0.3, -0.25) is 0 Å². The lowest BCUT2D eigenvalue weighted by molar-refractivity contribution is 0.670. The maximum absolute atomic E-state index is 6.45. The first-order chi connectivity index (χ1) is 28.3. The van der Waals surface area contributed by atoms with Crippen LogP contribution in [0.1, 0.15) is 0 Å². The van der Waals surface area contributed by atoms with Crippen molar-refractivity contribution in [2.45, 2.75) is 0 Å². The van der Waals surface area contributed by atoms with Crippen LogP contribution >= 0.6 is 0 Å². The lowest BCUT2D eigenvalue weighted by atomic mass is 10.0. The lowest BCUT2D eigenvalue weighted by Gasteiger charge is -2.27. The number of hydrogen-bond acceptors (Lipinski definition) is 2. The molecule has 0 atom stereocenters. The van der Waals surface area contributed by atoms with Gasteiger partial charge in [-0.05, 0) is 76.9 Å². The minimum Gasteiger partial charge on any atom is -0.455 e. The van der Waals surface area contributed by atoms with Crippen molar-refractivity contribution in [3.05, 3.63) is 218 Å². The molecule has 0 aliphatic carbocycles. The Morgan fingerprint density at radius 3 is 1.49 bits per heavy atom. The molecular weight excluding hydrogens is 693 g/mol. The summed E-state index contributed by atoms with van der Waals surface area (Å²) in [4.78, 5) is 2.37. The highest BCUT2D eigenvalue weighted by atomic mass is 16.3. The molecule has 0 aliphatic rings. The fourth-order valence-electron chi connectivity index (χ4n) is 8.53. The first-order valence-electron chi connectivity index (χ1n) is 19.4. The Hall–Kier alpha value is -7.62. The van der Waals surface area contributed by atoms with Crippen molar-refractivity contribution in [3.8, 4) is 39.1 Å². The van der Waals surface area contributed by atoms with E-state index < -0.39 is 0 Å². The van der Waals surface area contributed by atoms with Crippen molar-refractivity contribution in [1.29, 1.82) is 0 Å². The van der Waals surface area contributed by atoms with Crippen molar-refractivity contribution in [1.82, 2.24) is 4.57 Å². The molecule has 2 aromatic heterocycles. The second kappa shape index (κ2) is 13.6. The van der Waals surface area contributed by atoms with E-state index in [-0.39, 0.29) is 0 Å². The van der Waals surface area contributed by atoms with Crippen molar-refractivity contribution < 1.29 is 4.42 Å². The summed E-state index contributed by atoms with van der Waals surface area (Å²) in [6.45, 7) is 0. The number of nitrogens with zero attached hydrogens (tertiary/aromatic N) is 2. The van der Waals surface area contributed by atoms with Crippen molar-refractivity contribution in [2.24, 2.45) is 0 Å². The van der Waals surface area contributed by atoms with E-state index in [0.29, 0.717) is 0 Å². The molecular formula is C54H36N2O. The van der Waals surface area contributed by atoms with E-state index >= 15 is 0 Å². The van der Waals surface area contributed by atoms with Gasteiger partial charge in [0.25, 0.3) is 0 Å². The van der Waals surface area contributed by atoms with E-state index in [2.05, 4.69) is 216 Å². The highest BCUT2D eigenvalue weighted by molar-refractivity contribution is 6.11. The van der Waals surface area contributed by atoms with Gasteiger partial charge in [-0.2, -0.15) is 0 Å². The lowest BCUT2D eigenvalue weighted by Crippen LogP contribution is -2.11. The number of benzene rings is 9. The predicted molar refractivity (Wildman–Crippen MR) is 239 cm³/mol. The minimum atomic E-state index is 0.902. The van der Waals surface area contributed by atoms with Crippen LogP contribution in [-0.2, 0) is 0 Å². The fraction of sp³-hybridized carbons (Fsp3) is 0. The summed E-state index contributed by atoms with van der Waals surface area (Å²) >= 11 is 0. The van der Waals surface area contributed by atoms with E-state index in [0.717, 1.165) is 55.8 Å². The van der Waals surface area contributed by atoms with E-state index in [9.17, 15) is 0 Å². The summed E-state index contributed by atoms with van der Waals surface area (Å²) in [5.74, 6) is 0. The van der Waals surface area contributed by atoms with Gasteiger partial charge in [-0.1, -0.05) is 164 Å². The molecule has 0 amide bonds. The largest absolute Gasteiger partial charge is 0.455 e. The van der Waals surface area contributed by atoms with Crippen LogP contribution in [0.5, 0.6) is 0 Å². The second-order valence-electron chi connectivity index (χ2n) is 14.5. The quantitative estimate of drug-likeness (QED) is 0.163. The van der Waals surface area contributed by atoms with Crippen LogP contribution in [0.25, 0.3) is 82.8 Å². The Balaban J connectivity index is 1.11. The standard InChI is InChI=1S/C54H36N2O/c1-3-14-37(15-4-1)38-26-30-41(31-27-38)55(42-32-28-40(29-33-42)45-21-13-22-49-48-20-9-12-25-53(48)57-54(45)49)43-34-35-44(39-16-5-2-6-17-39)52(36-43)56-50-23-10-7-18-46(50)47-19-8-11-24-51(47)56/h1-36H. The Bertz CT molecular complexity index is 3160. The van der Waals surface area contributed by atoms with Gasteiger partial charge in [-0.25, -0.2) is 0 Å². The molecule has 2 heterocycles. The zero-order valence-electron chi connectivity index (χ0n) is 31.1. The number of rotatable bonds is 7. The molecule has 3 heteroatoms. The number of anilines is 3. The fourth-order valence-corrected chi connectivity index (χ4v) is 8.53. The van der Waals surface area contributed by atoms with Crippen LogP contribution < -0.4 is 4.90 Å². The monoisotopic (exact) mass is 728 g/mol. The molecule has 11 aromatic rings. The van der Waals surface area contributed by atoms with Gasteiger partial charge in [0.1, 0.15) is 11.2 Å². The average Bonchev–Trinajstić information content (AvgIpc) is 3.84. The SMILES string of the molecule is c1ccc(-c2ccc(N(c3ccc(-c4cccc5c4oc4ccccc45)cc3)c3ccc(-c4ccccc4)c(-n4c5ccccc5c5ccccc54)c3)cc2)cc1. The third-order valence-electron chi connectivity index (χ3n) is 11.2. The summed E-state index contributed by atoms with van der Waals surface area (Å²) in [5.41, 5.74) is 15.4. The summed E-state index contributed by atoms with van der Waals surface area (Å²) in [7, 11) is 0. The summed E-state index contributed by atoms with van der Waals surface area (Å²) < 4.78 is 8.88. The highest BCUT2D eigenvalue weighted by Crippen LogP contribution is 2.43. The maximum atomic E-state index is 6.45. The first-order valence-corrected chi connectivity index (χ1v) is 19.4. The predicted octanol–water partition coefficient (Wildman–Crippen LogP) is 15.2. The third-order valence-corrected chi connectivity index (χ3v) is 11.2. The number of hydrogen-bond donors (Lipinski definition) is 0. The Kier molecular flexibility index (Phi) is 7.82. The molecule has 0 saturated carbocycles. The van der Waals surface area contributed by atoms with Crippen LogP contribution in [0.3, 0.4) is 0 Å². The van der Waals surface area contributed by atoms with Crippen LogP contribution in [0, 0.1) is 0 Å². The molecule has 0 unspecified atom stereocenters. The Morgan fingerprint density at radius 1 is 0.333 bits per heavy atom. The average molecular weight is 729 g/mol. The van der Waals surface area contributed by atoms with Crippen LogP contribution in [-0.4, -0.2) is 4.57 Å². The second-order valence-corrected chi connectivity index (χ2v) is 14.5. The topological polar surface area (TPSA) is 21.3 Å². The first kappa shape index (κ1) is 32.8. The van der Waals surface area contributed by atoms with Crippen molar-refractivity contribution in [3.63, 3.8) is 0 Å². The molecule has 11 rings (SSSR count). The van der Waals surface area contributed by atoms with E-state index in [1.165, 1.54) is 44.1 Å². The van der Waals surface area contributed by atoms with Gasteiger partial charge in [0.05, 0.1) is 16.7 Å². The normalized spacial score (nSPS) is 11.5. The Morgan fingerprint density at radius 2 is 0.825 bits per heavy atom. The molecule has 0 N–H and O–H groups in total. The molecule has 0 fully saturated rings. The number of para-hydroxylation sites is 4. The number of aromatic nitrogens is 1. The zero-order valence-corrected chi connectivity index (χ0v) is 31.1. The van der Waals surface area contributed by atoms with E-state index in [1.54, 1.807) is 0 Å². The molecule has 0 aliphatic heterocycles. The van der Waals surface area contributed by atoms with Gasteiger partial charge in [0.2, 0.25) is 0 Å². The van der Waals surface area contributed by atoms with Crippen LogP contribution in [0.4, 0.5) is 17.1 Å². The van der Waals surface area contributed by atoms with Crippen LogP contribution in [0.15, 0.2) is 223 Å². The molecule has 0 radical (unpaired) electrons. The summed E-state index contributed by atoms with van der Waals surface area (Å²) in [5, 5.41) is 4.74. The molecule has 9 aromatic carbocycles. The smallest absolute Gasteiger partial charge is 0.143 e. The molecule has 0 saturated heterocycles. The van der Waals surface area contributed by atoms with E-state index in [4.69, 9.17) is 4.42 Å². The van der Waals surface area contributed by atoms with Crippen LogP contribution in [0.2, 0.25) is 0 Å². The third kappa shape index (κ3) is 5.60. The molecule has 0 bridgehead atoms. The zero-order chi connectivity index (χ0) is 37.7. The molecule has 3 nitrogen and oxygen atoms in total. The highest BCUT2D eigenvalue weighted by Gasteiger charge is 2.20. The molecule has 268 valence electrons. The minimum absolute atomic E-state index is 0.902. The van der Waals surface area contributed by atoms with Gasteiger partial charge in [0.15, 0.2) is 0 Å².